The SMILES string of the molecule is O=C(O)C(Cc1ccccc1)S(=O)Cc1ncccn1. The van der Waals surface area contributed by atoms with Gasteiger partial charge in [0.05, 0.1) is 5.75 Å². The Morgan fingerprint density at radius 2 is 1.80 bits per heavy atom. The van der Waals surface area contributed by atoms with Crippen molar-refractivity contribution in [1.29, 1.82) is 0 Å². The summed E-state index contributed by atoms with van der Waals surface area (Å²) in [6.07, 6.45) is 3.33. The van der Waals surface area contributed by atoms with Gasteiger partial charge in [0.15, 0.2) is 0 Å². The average Bonchev–Trinajstić information content (AvgIpc) is 2.46. The molecule has 0 bridgehead atoms. The zero-order valence-electron chi connectivity index (χ0n) is 10.7. The number of rotatable bonds is 6. The lowest BCUT2D eigenvalue weighted by atomic mass is 10.1. The molecule has 2 aromatic rings. The van der Waals surface area contributed by atoms with Crippen molar-refractivity contribution in [2.75, 3.05) is 0 Å². The molecule has 2 atom stereocenters. The number of hydrogen-bond acceptors (Lipinski definition) is 4. The molecule has 0 aliphatic heterocycles. The van der Waals surface area contributed by atoms with E-state index in [4.69, 9.17) is 0 Å². The Labute approximate surface area is 119 Å². The van der Waals surface area contributed by atoms with E-state index in [-0.39, 0.29) is 12.2 Å². The van der Waals surface area contributed by atoms with E-state index in [1.54, 1.807) is 18.5 Å². The molecule has 0 saturated heterocycles. The molecule has 0 amide bonds. The highest BCUT2D eigenvalue weighted by molar-refractivity contribution is 7.85. The molecule has 0 aliphatic rings. The third-order valence-electron chi connectivity index (χ3n) is 2.75. The first kappa shape index (κ1) is 14.3. The number of benzene rings is 1. The van der Waals surface area contributed by atoms with E-state index in [1.165, 1.54) is 0 Å². The Bertz CT molecular complexity index is 590. The molecule has 2 rings (SSSR count). The minimum Gasteiger partial charge on any atom is -0.480 e. The first-order valence-electron chi connectivity index (χ1n) is 6.06. The number of carboxylic acid groups (broad SMARTS) is 1. The fraction of sp³-hybridized carbons (Fsp3) is 0.214. The van der Waals surface area contributed by atoms with Crippen LogP contribution in [0.1, 0.15) is 11.4 Å². The van der Waals surface area contributed by atoms with Crippen LogP contribution < -0.4 is 0 Å². The van der Waals surface area contributed by atoms with Gasteiger partial charge in [0, 0.05) is 23.2 Å². The van der Waals surface area contributed by atoms with E-state index in [9.17, 15) is 14.1 Å². The number of carbonyl (C=O) groups is 1. The molecule has 6 heteroatoms. The van der Waals surface area contributed by atoms with Crippen molar-refractivity contribution in [1.82, 2.24) is 9.97 Å². The zero-order chi connectivity index (χ0) is 14.4. The van der Waals surface area contributed by atoms with Crippen LogP contribution in [0.3, 0.4) is 0 Å². The second-order valence-corrected chi connectivity index (χ2v) is 5.83. The van der Waals surface area contributed by atoms with E-state index in [0.717, 1.165) is 5.56 Å². The van der Waals surface area contributed by atoms with Crippen molar-refractivity contribution in [3.05, 3.63) is 60.2 Å². The van der Waals surface area contributed by atoms with Crippen LogP contribution in [0.2, 0.25) is 0 Å². The molecule has 0 spiro atoms. The molecule has 20 heavy (non-hydrogen) atoms. The Balaban J connectivity index is 2.09. The van der Waals surface area contributed by atoms with Gasteiger partial charge in [-0.1, -0.05) is 30.3 Å². The molecule has 0 saturated carbocycles. The van der Waals surface area contributed by atoms with Crippen molar-refractivity contribution in [3.63, 3.8) is 0 Å². The number of carboxylic acids is 1. The van der Waals surface area contributed by atoms with Gasteiger partial charge >= 0.3 is 5.97 Å². The monoisotopic (exact) mass is 290 g/mol. The van der Waals surface area contributed by atoms with E-state index < -0.39 is 22.0 Å². The molecule has 0 aliphatic carbocycles. The van der Waals surface area contributed by atoms with Gasteiger partial charge in [-0.05, 0) is 18.1 Å². The molecule has 1 aromatic heterocycles. The molecule has 0 radical (unpaired) electrons. The average molecular weight is 290 g/mol. The lowest BCUT2D eigenvalue weighted by Gasteiger charge is -2.11. The van der Waals surface area contributed by atoms with E-state index in [1.807, 2.05) is 30.3 Å². The number of nitrogens with zero attached hydrogens (tertiary/aromatic N) is 2. The Morgan fingerprint density at radius 1 is 1.15 bits per heavy atom. The van der Waals surface area contributed by atoms with Crippen LogP contribution in [0, 0.1) is 0 Å². The molecule has 5 nitrogen and oxygen atoms in total. The standard InChI is InChI=1S/C14H14N2O3S/c17-14(18)12(9-11-5-2-1-3-6-11)20(19)10-13-15-7-4-8-16-13/h1-8,12H,9-10H2,(H,17,18). The maximum Gasteiger partial charge on any atom is 0.319 e. The smallest absolute Gasteiger partial charge is 0.319 e. The summed E-state index contributed by atoms with van der Waals surface area (Å²) >= 11 is 0. The maximum absolute atomic E-state index is 12.2. The van der Waals surface area contributed by atoms with Gasteiger partial charge in [0.2, 0.25) is 0 Å². The Morgan fingerprint density at radius 3 is 2.40 bits per heavy atom. The third-order valence-corrected chi connectivity index (χ3v) is 4.29. The second-order valence-electron chi connectivity index (χ2n) is 4.21. The molecule has 1 heterocycles. The summed E-state index contributed by atoms with van der Waals surface area (Å²) in [4.78, 5) is 19.2. The molecule has 1 aromatic carbocycles. The third kappa shape index (κ3) is 3.96. The van der Waals surface area contributed by atoms with Crippen molar-refractivity contribution in [3.8, 4) is 0 Å². The van der Waals surface area contributed by atoms with Crippen LogP contribution >= 0.6 is 0 Å². The van der Waals surface area contributed by atoms with Gasteiger partial charge in [-0.2, -0.15) is 0 Å². The van der Waals surface area contributed by atoms with Crippen LogP contribution in [0.4, 0.5) is 0 Å². The van der Waals surface area contributed by atoms with E-state index in [0.29, 0.717) is 5.82 Å². The minimum atomic E-state index is -1.56. The largest absolute Gasteiger partial charge is 0.480 e. The van der Waals surface area contributed by atoms with Gasteiger partial charge < -0.3 is 5.11 Å². The highest BCUT2D eigenvalue weighted by Gasteiger charge is 2.25. The van der Waals surface area contributed by atoms with Gasteiger partial charge in [-0.15, -0.1) is 0 Å². The van der Waals surface area contributed by atoms with Gasteiger partial charge in [-0.3, -0.25) is 9.00 Å². The van der Waals surface area contributed by atoms with Crippen LogP contribution in [-0.4, -0.2) is 30.5 Å². The van der Waals surface area contributed by atoms with Crippen molar-refractivity contribution >= 4 is 16.8 Å². The van der Waals surface area contributed by atoms with Crippen molar-refractivity contribution in [2.24, 2.45) is 0 Å². The fourth-order valence-corrected chi connectivity index (χ4v) is 2.96. The predicted octanol–water partition coefficient (Wildman–Crippen LogP) is 1.42. The minimum absolute atomic E-state index is 0.0463. The topological polar surface area (TPSA) is 80.1 Å². The van der Waals surface area contributed by atoms with Crippen molar-refractivity contribution in [2.45, 2.75) is 17.4 Å². The van der Waals surface area contributed by atoms with Gasteiger partial charge in [0.25, 0.3) is 0 Å². The Hall–Kier alpha value is -2.08. The summed E-state index contributed by atoms with van der Waals surface area (Å²) in [6, 6.07) is 10.8. The number of hydrogen-bond donors (Lipinski definition) is 1. The number of aromatic nitrogens is 2. The molecule has 2 unspecified atom stereocenters. The first-order valence-corrected chi connectivity index (χ1v) is 7.45. The second kappa shape index (κ2) is 6.91. The summed E-state index contributed by atoms with van der Waals surface area (Å²) in [5, 5.41) is 8.29. The highest BCUT2D eigenvalue weighted by atomic mass is 32.2. The lowest BCUT2D eigenvalue weighted by Crippen LogP contribution is -2.29. The Kier molecular flexibility index (Phi) is 4.95. The van der Waals surface area contributed by atoms with E-state index in [2.05, 4.69) is 9.97 Å². The quantitative estimate of drug-likeness (QED) is 0.870. The maximum atomic E-state index is 12.2. The molecule has 1 N–H and O–H groups in total. The summed E-state index contributed by atoms with van der Waals surface area (Å²) < 4.78 is 12.2. The predicted molar refractivity (Wildman–Crippen MR) is 75.4 cm³/mol. The molecule has 104 valence electrons. The normalized spacial score (nSPS) is 13.6. The number of aliphatic carboxylic acids is 1. The lowest BCUT2D eigenvalue weighted by molar-refractivity contribution is -0.136. The molecular weight excluding hydrogens is 276 g/mol. The van der Waals surface area contributed by atoms with Gasteiger partial charge in [0.1, 0.15) is 11.1 Å². The van der Waals surface area contributed by atoms with Crippen molar-refractivity contribution < 1.29 is 14.1 Å². The summed E-state index contributed by atoms with van der Waals surface area (Å²) in [6.45, 7) is 0. The van der Waals surface area contributed by atoms with Crippen LogP contribution in [-0.2, 0) is 27.8 Å². The van der Waals surface area contributed by atoms with Crippen LogP contribution in [0.15, 0.2) is 48.8 Å². The summed E-state index contributed by atoms with van der Waals surface area (Å²) in [5.41, 5.74) is 0.849. The van der Waals surface area contributed by atoms with Crippen LogP contribution in [0.25, 0.3) is 0 Å². The fourth-order valence-electron chi connectivity index (χ4n) is 1.75. The highest BCUT2D eigenvalue weighted by Crippen LogP contribution is 2.11. The zero-order valence-corrected chi connectivity index (χ0v) is 11.5. The first-order chi connectivity index (χ1) is 9.66. The summed E-state index contributed by atoms with van der Waals surface area (Å²) in [7, 11) is -1.56. The molecular formula is C14H14N2O3S. The molecule has 0 fully saturated rings. The summed E-state index contributed by atoms with van der Waals surface area (Å²) in [5.74, 6) is -0.627. The van der Waals surface area contributed by atoms with Gasteiger partial charge in [-0.25, -0.2) is 9.97 Å². The van der Waals surface area contributed by atoms with E-state index >= 15 is 0 Å². The van der Waals surface area contributed by atoms with Crippen LogP contribution in [0.5, 0.6) is 0 Å².